The predicted molar refractivity (Wildman–Crippen MR) is 57.1 cm³/mol. The SMILES string of the molecule is Nc1cc(Br)ccc1C#CCCO. The van der Waals surface area contributed by atoms with Gasteiger partial charge in [-0.25, -0.2) is 0 Å². The van der Waals surface area contributed by atoms with Gasteiger partial charge in [0.25, 0.3) is 0 Å². The standard InChI is InChI=1S/C10H10BrNO/c11-9-5-4-8(10(12)7-9)3-1-2-6-13/h4-5,7,13H,2,6,12H2. The van der Waals surface area contributed by atoms with E-state index < -0.39 is 0 Å². The van der Waals surface area contributed by atoms with Crippen LogP contribution in [0, 0.1) is 11.8 Å². The van der Waals surface area contributed by atoms with Crippen LogP contribution < -0.4 is 5.73 Å². The molecule has 0 radical (unpaired) electrons. The molecule has 0 bridgehead atoms. The number of rotatable bonds is 1. The monoisotopic (exact) mass is 239 g/mol. The van der Waals surface area contributed by atoms with Gasteiger partial charge in [0.15, 0.2) is 0 Å². The van der Waals surface area contributed by atoms with Crippen LogP contribution in [0.15, 0.2) is 22.7 Å². The second-order valence-electron chi connectivity index (χ2n) is 2.51. The summed E-state index contributed by atoms with van der Waals surface area (Å²) in [6.45, 7) is 0.0867. The van der Waals surface area contributed by atoms with Gasteiger partial charge < -0.3 is 10.8 Å². The molecule has 2 nitrogen and oxygen atoms in total. The fourth-order valence-electron chi connectivity index (χ4n) is 0.861. The van der Waals surface area contributed by atoms with Crippen LogP contribution in [0.2, 0.25) is 0 Å². The van der Waals surface area contributed by atoms with Gasteiger partial charge in [0.05, 0.1) is 6.61 Å². The maximum Gasteiger partial charge on any atom is 0.0540 e. The molecule has 3 heteroatoms. The molecule has 1 aromatic carbocycles. The average Bonchev–Trinajstić information content (AvgIpc) is 2.09. The highest BCUT2D eigenvalue weighted by Crippen LogP contribution is 2.17. The van der Waals surface area contributed by atoms with Crippen molar-refractivity contribution in [3.8, 4) is 11.8 Å². The summed E-state index contributed by atoms with van der Waals surface area (Å²) in [7, 11) is 0. The van der Waals surface area contributed by atoms with Crippen LogP contribution in [-0.4, -0.2) is 11.7 Å². The molecule has 0 saturated heterocycles. The Hall–Kier alpha value is -0.980. The molecule has 0 aromatic heterocycles. The molecule has 3 N–H and O–H groups in total. The molecule has 1 rings (SSSR count). The molecule has 0 aliphatic carbocycles. The molecule has 0 amide bonds. The highest BCUT2D eigenvalue weighted by Gasteiger charge is 1.94. The minimum Gasteiger partial charge on any atom is -0.398 e. The summed E-state index contributed by atoms with van der Waals surface area (Å²) in [6, 6.07) is 5.55. The van der Waals surface area contributed by atoms with Gasteiger partial charge in [-0.2, -0.15) is 0 Å². The zero-order valence-corrected chi connectivity index (χ0v) is 8.63. The van der Waals surface area contributed by atoms with E-state index in [1.165, 1.54) is 0 Å². The van der Waals surface area contributed by atoms with E-state index in [2.05, 4.69) is 27.8 Å². The van der Waals surface area contributed by atoms with E-state index in [0.29, 0.717) is 12.1 Å². The lowest BCUT2D eigenvalue weighted by Gasteiger charge is -1.97. The summed E-state index contributed by atoms with van der Waals surface area (Å²) in [4.78, 5) is 0. The van der Waals surface area contributed by atoms with E-state index in [1.807, 2.05) is 18.2 Å². The Morgan fingerprint density at radius 1 is 1.46 bits per heavy atom. The lowest BCUT2D eigenvalue weighted by molar-refractivity contribution is 0.305. The van der Waals surface area contributed by atoms with Crippen molar-refractivity contribution in [2.45, 2.75) is 6.42 Å². The molecular weight excluding hydrogens is 230 g/mol. The zero-order chi connectivity index (χ0) is 9.68. The molecule has 0 fully saturated rings. The number of hydrogen-bond donors (Lipinski definition) is 2. The number of benzene rings is 1. The Labute approximate surface area is 85.9 Å². The molecule has 0 unspecified atom stereocenters. The number of aliphatic hydroxyl groups excluding tert-OH is 1. The first kappa shape index (κ1) is 10.1. The van der Waals surface area contributed by atoms with Crippen LogP contribution in [0.3, 0.4) is 0 Å². The van der Waals surface area contributed by atoms with Crippen LogP contribution >= 0.6 is 15.9 Å². The molecule has 13 heavy (non-hydrogen) atoms. The van der Waals surface area contributed by atoms with Gasteiger partial charge in [0, 0.05) is 22.1 Å². The average molecular weight is 240 g/mol. The van der Waals surface area contributed by atoms with Crippen molar-refractivity contribution in [2.24, 2.45) is 0 Å². The number of aliphatic hydroxyl groups is 1. The van der Waals surface area contributed by atoms with Crippen molar-refractivity contribution in [3.63, 3.8) is 0 Å². The van der Waals surface area contributed by atoms with Crippen molar-refractivity contribution >= 4 is 21.6 Å². The molecule has 0 aliphatic rings. The first-order valence-corrected chi connectivity index (χ1v) is 4.68. The molecule has 0 spiro atoms. The number of nitrogen functional groups attached to an aromatic ring is 1. The number of anilines is 1. The third-order valence-corrected chi connectivity index (χ3v) is 1.97. The van der Waals surface area contributed by atoms with Crippen LogP contribution in [0.5, 0.6) is 0 Å². The van der Waals surface area contributed by atoms with Gasteiger partial charge in [0.1, 0.15) is 0 Å². The summed E-state index contributed by atoms with van der Waals surface area (Å²) in [6.07, 6.45) is 0.482. The van der Waals surface area contributed by atoms with Gasteiger partial charge in [0.2, 0.25) is 0 Å². The molecule has 1 aromatic rings. The molecule has 0 atom stereocenters. The van der Waals surface area contributed by atoms with E-state index in [4.69, 9.17) is 10.8 Å². The van der Waals surface area contributed by atoms with E-state index in [1.54, 1.807) is 0 Å². The van der Waals surface area contributed by atoms with Crippen LogP contribution in [0.25, 0.3) is 0 Å². The van der Waals surface area contributed by atoms with Crippen molar-refractivity contribution in [3.05, 3.63) is 28.2 Å². The fourth-order valence-corrected chi connectivity index (χ4v) is 1.24. The normalized spacial score (nSPS) is 9.08. The Morgan fingerprint density at radius 3 is 2.85 bits per heavy atom. The minimum atomic E-state index is 0.0867. The summed E-state index contributed by atoms with van der Waals surface area (Å²) >= 11 is 3.31. The van der Waals surface area contributed by atoms with Crippen molar-refractivity contribution in [1.29, 1.82) is 0 Å². The summed E-state index contributed by atoms with van der Waals surface area (Å²) in [5.74, 6) is 5.70. The summed E-state index contributed by atoms with van der Waals surface area (Å²) in [5.41, 5.74) is 7.16. The third-order valence-electron chi connectivity index (χ3n) is 1.47. The Kier molecular flexibility index (Phi) is 3.81. The first-order chi connectivity index (χ1) is 6.24. The Balaban J connectivity index is 2.85. The van der Waals surface area contributed by atoms with Gasteiger partial charge >= 0.3 is 0 Å². The smallest absolute Gasteiger partial charge is 0.0540 e. The van der Waals surface area contributed by atoms with E-state index in [-0.39, 0.29) is 6.61 Å². The Bertz CT molecular complexity index is 352. The van der Waals surface area contributed by atoms with Gasteiger partial charge in [-0.05, 0) is 18.2 Å². The maximum absolute atomic E-state index is 8.52. The van der Waals surface area contributed by atoms with Gasteiger partial charge in [-0.3, -0.25) is 0 Å². The quantitative estimate of drug-likeness (QED) is 0.580. The molecule has 0 aliphatic heterocycles. The molecule has 68 valence electrons. The zero-order valence-electron chi connectivity index (χ0n) is 7.05. The highest BCUT2D eigenvalue weighted by atomic mass is 79.9. The highest BCUT2D eigenvalue weighted by molar-refractivity contribution is 9.10. The lowest BCUT2D eigenvalue weighted by Crippen LogP contribution is -1.89. The molecule has 0 saturated carbocycles. The molecule has 0 heterocycles. The van der Waals surface area contributed by atoms with Crippen molar-refractivity contribution in [2.75, 3.05) is 12.3 Å². The largest absolute Gasteiger partial charge is 0.398 e. The second kappa shape index (κ2) is 4.90. The van der Waals surface area contributed by atoms with E-state index >= 15 is 0 Å². The first-order valence-electron chi connectivity index (χ1n) is 3.89. The van der Waals surface area contributed by atoms with Crippen LogP contribution in [0.4, 0.5) is 5.69 Å². The van der Waals surface area contributed by atoms with Crippen molar-refractivity contribution < 1.29 is 5.11 Å². The van der Waals surface area contributed by atoms with Crippen LogP contribution in [-0.2, 0) is 0 Å². The van der Waals surface area contributed by atoms with Gasteiger partial charge in [-0.1, -0.05) is 27.8 Å². The summed E-state index contributed by atoms with van der Waals surface area (Å²) < 4.78 is 0.942. The topological polar surface area (TPSA) is 46.2 Å². The van der Waals surface area contributed by atoms with E-state index in [0.717, 1.165) is 10.0 Å². The van der Waals surface area contributed by atoms with Crippen LogP contribution in [0.1, 0.15) is 12.0 Å². The van der Waals surface area contributed by atoms with Crippen molar-refractivity contribution in [1.82, 2.24) is 0 Å². The van der Waals surface area contributed by atoms with Gasteiger partial charge in [-0.15, -0.1) is 0 Å². The minimum absolute atomic E-state index is 0.0867. The maximum atomic E-state index is 8.52. The second-order valence-corrected chi connectivity index (χ2v) is 3.42. The molecular formula is C10H10BrNO. The van der Waals surface area contributed by atoms with E-state index in [9.17, 15) is 0 Å². The third kappa shape index (κ3) is 3.10. The Morgan fingerprint density at radius 2 is 2.23 bits per heavy atom. The number of halogens is 1. The lowest BCUT2D eigenvalue weighted by atomic mass is 10.2. The summed E-state index contributed by atoms with van der Waals surface area (Å²) in [5, 5.41) is 8.52. The fraction of sp³-hybridized carbons (Fsp3) is 0.200. The number of nitrogens with two attached hydrogens (primary N) is 1. The predicted octanol–water partition coefficient (Wildman–Crippen LogP) is 1.77. The number of hydrogen-bond acceptors (Lipinski definition) is 2.